The molecule has 80 valence electrons. The van der Waals surface area contributed by atoms with Gasteiger partial charge in [-0.3, -0.25) is 0 Å². The van der Waals surface area contributed by atoms with Crippen LogP contribution in [0.3, 0.4) is 0 Å². The van der Waals surface area contributed by atoms with E-state index in [1.807, 2.05) is 6.92 Å². The topological polar surface area (TPSA) is 69.9 Å². The minimum absolute atomic E-state index is 0.0149. The Balaban J connectivity index is 4.21. The van der Waals surface area contributed by atoms with Crippen molar-refractivity contribution >= 4 is 0 Å². The highest BCUT2D eigenvalue weighted by Gasteiger charge is 2.27. The van der Waals surface area contributed by atoms with Crippen LogP contribution in [0, 0.1) is 11.8 Å². The van der Waals surface area contributed by atoms with Crippen molar-refractivity contribution in [2.45, 2.75) is 26.1 Å². The van der Waals surface area contributed by atoms with Gasteiger partial charge in [-0.1, -0.05) is 13.8 Å². The number of aliphatic hydroxyl groups is 3. The van der Waals surface area contributed by atoms with Crippen molar-refractivity contribution in [2.75, 3.05) is 20.3 Å². The average Bonchev–Trinajstić information content (AvgIpc) is 2.17. The van der Waals surface area contributed by atoms with Crippen molar-refractivity contribution in [1.82, 2.24) is 0 Å². The quantitative estimate of drug-likeness (QED) is 0.536. The van der Waals surface area contributed by atoms with Gasteiger partial charge in [-0.05, 0) is 0 Å². The van der Waals surface area contributed by atoms with Gasteiger partial charge in [0.25, 0.3) is 0 Å². The molecule has 0 bridgehead atoms. The molecule has 0 rings (SSSR count). The molecule has 4 atom stereocenters. The molecule has 0 aromatic carbocycles. The number of hydrogen-bond acceptors (Lipinski definition) is 4. The van der Waals surface area contributed by atoms with Crippen molar-refractivity contribution < 1.29 is 20.1 Å². The molecule has 3 N–H and O–H groups in total. The van der Waals surface area contributed by atoms with E-state index in [2.05, 4.69) is 0 Å². The lowest BCUT2D eigenvalue weighted by Gasteiger charge is -2.29. The molecular weight excluding hydrogens is 172 g/mol. The summed E-state index contributed by atoms with van der Waals surface area (Å²) in [4.78, 5) is 0. The standard InChI is InChI=1S/C9H20O4/c1-6(4-10)9(13-3)7(2)8(12)5-11/h6-12H,4-5H2,1-3H3/t6-,7-,8+,9+/m0/s1. The first kappa shape index (κ1) is 12.8. The van der Waals surface area contributed by atoms with Crippen LogP contribution in [0.25, 0.3) is 0 Å². The molecule has 0 aliphatic rings. The zero-order chi connectivity index (χ0) is 10.4. The molecule has 0 aromatic rings. The summed E-state index contributed by atoms with van der Waals surface area (Å²) < 4.78 is 5.16. The Morgan fingerprint density at radius 2 is 1.69 bits per heavy atom. The van der Waals surface area contributed by atoms with E-state index >= 15 is 0 Å². The summed E-state index contributed by atoms with van der Waals surface area (Å²) in [6, 6.07) is 0. The summed E-state index contributed by atoms with van der Waals surface area (Å²) in [5, 5.41) is 27.0. The van der Waals surface area contributed by atoms with Gasteiger partial charge in [0.05, 0.1) is 18.8 Å². The molecule has 0 aliphatic heterocycles. The SMILES string of the molecule is CO[C@@H]([C@@H](C)[C@H](O)CO)[C@@H](C)CO. The molecule has 0 amide bonds. The number of ether oxygens (including phenoxy) is 1. The highest BCUT2D eigenvalue weighted by molar-refractivity contribution is 4.77. The molecule has 13 heavy (non-hydrogen) atoms. The fourth-order valence-corrected chi connectivity index (χ4v) is 1.45. The Morgan fingerprint density at radius 3 is 2.00 bits per heavy atom. The largest absolute Gasteiger partial charge is 0.396 e. The second-order valence-electron chi connectivity index (χ2n) is 3.47. The second kappa shape index (κ2) is 6.32. The molecule has 0 radical (unpaired) electrons. The number of aliphatic hydroxyl groups excluding tert-OH is 3. The summed E-state index contributed by atoms with van der Waals surface area (Å²) in [5.41, 5.74) is 0. The van der Waals surface area contributed by atoms with Crippen LogP contribution in [0.15, 0.2) is 0 Å². The van der Waals surface area contributed by atoms with Crippen molar-refractivity contribution in [3.05, 3.63) is 0 Å². The molecule has 4 nitrogen and oxygen atoms in total. The lowest BCUT2D eigenvalue weighted by atomic mass is 9.90. The molecule has 0 aliphatic carbocycles. The van der Waals surface area contributed by atoms with E-state index < -0.39 is 6.10 Å². The van der Waals surface area contributed by atoms with Crippen LogP contribution in [0.1, 0.15) is 13.8 Å². The van der Waals surface area contributed by atoms with Crippen LogP contribution in [-0.2, 0) is 4.74 Å². The van der Waals surface area contributed by atoms with E-state index in [0.29, 0.717) is 0 Å². The maximum atomic E-state index is 9.36. The van der Waals surface area contributed by atoms with Gasteiger partial charge in [-0.15, -0.1) is 0 Å². The predicted octanol–water partition coefficient (Wildman–Crippen LogP) is -0.381. The van der Waals surface area contributed by atoms with Crippen LogP contribution in [-0.4, -0.2) is 47.9 Å². The molecule has 0 unspecified atom stereocenters. The normalized spacial score (nSPS) is 20.8. The number of methoxy groups -OCH3 is 1. The summed E-state index contributed by atoms with van der Waals surface area (Å²) in [5.74, 6) is -0.224. The van der Waals surface area contributed by atoms with E-state index in [-0.39, 0.29) is 31.2 Å². The van der Waals surface area contributed by atoms with Crippen LogP contribution in [0.2, 0.25) is 0 Å². The van der Waals surface area contributed by atoms with Crippen LogP contribution < -0.4 is 0 Å². The summed E-state index contributed by atoms with van der Waals surface area (Å²) in [6.45, 7) is 3.37. The maximum absolute atomic E-state index is 9.36. The average molecular weight is 192 g/mol. The summed E-state index contributed by atoms with van der Waals surface area (Å²) in [7, 11) is 1.54. The molecule has 0 saturated carbocycles. The zero-order valence-electron chi connectivity index (χ0n) is 8.47. The van der Waals surface area contributed by atoms with Gasteiger partial charge in [0.15, 0.2) is 0 Å². The smallest absolute Gasteiger partial charge is 0.0821 e. The van der Waals surface area contributed by atoms with Gasteiger partial charge >= 0.3 is 0 Å². The molecule has 0 aromatic heterocycles. The molecule has 0 spiro atoms. The van der Waals surface area contributed by atoms with Gasteiger partial charge in [0, 0.05) is 25.6 Å². The Kier molecular flexibility index (Phi) is 6.24. The van der Waals surface area contributed by atoms with E-state index in [9.17, 15) is 5.11 Å². The van der Waals surface area contributed by atoms with Crippen molar-refractivity contribution in [2.24, 2.45) is 11.8 Å². The predicted molar refractivity (Wildman–Crippen MR) is 49.3 cm³/mol. The lowest BCUT2D eigenvalue weighted by Crippen LogP contribution is -2.38. The van der Waals surface area contributed by atoms with Crippen LogP contribution in [0.4, 0.5) is 0 Å². The third-order valence-corrected chi connectivity index (χ3v) is 2.43. The maximum Gasteiger partial charge on any atom is 0.0821 e. The number of hydrogen-bond donors (Lipinski definition) is 3. The Bertz CT molecular complexity index is 129. The fraction of sp³-hybridized carbons (Fsp3) is 1.00. The molecule has 4 heteroatoms. The van der Waals surface area contributed by atoms with Gasteiger partial charge in [-0.25, -0.2) is 0 Å². The minimum Gasteiger partial charge on any atom is -0.396 e. The fourth-order valence-electron chi connectivity index (χ4n) is 1.45. The first-order chi connectivity index (χ1) is 6.08. The minimum atomic E-state index is -0.793. The van der Waals surface area contributed by atoms with E-state index in [1.165, 1.54) is 7.11 Å². The monoisotopic (exact) mass is 192 g/mol. The Morgan fingerprint density at radius 1 is 1.15 bits per heavy atom. The first-order valence-corrected chi connectivity index (χ1v) is 4.51. The summed E-state index contributed by atoms with van der Waals surface area (Å²) in [6.07, 6.45) is -1.02. The molecule has 0 saturated heterocycles. The lowest BCUT2D eigenvalue weighted by molar-refractivity contribution is -0.0586. The highest BCUT2D eigenvalue weighted by Crippen LogP contribution is 2.19. The van der Waals surface area contributed by atoms with Gasteiger partial charge in [-0.2, -0.15) is 0 Å². The molecule has 0 heterocycles. The van der Waals surface area contributed by atoms with Gasteiger partial charge in [0.1, 0.15) is 0 Å². The molecular formula is C9H20O4. The first-order valence-electron chi connectivity index (χ1n) is 4.51. The van der Waals surface area contributed by atoms with Crippen molar-refractivity contribution in [1.29, 1.82) is 0 Å². The Labute approximate surface area is 79.2 Å². The van der Waals surface area contributed by atoms with Crippen LogP contribution >= 0.6 is 0 Å². The second-order valence-corrected chi connectivity index (χ2v) is 3.47. The van der Waals surface area contributed by atoms with E-state index in [4.69, 9.17) is 14.9 Å². The van der Waals surface area contributed by atoms with Crippen molar-refractivity contribution in [3.63, 3.8) is 0 Å². The Hall–Kier alpha value is -0.160. The van der Waals surface area contributed by atoms with E-state index in [1.54, 1.807) is 6.92 Å². The van der Waals surface area contributed by atoms with Gasteiger partial charge < -0.3 is 20.1 Å². The van der Waals surface area contributed by atoms with Gasteiger partial charge in [0.2, 0.25) is 0 Å². The molecule has 0 fully saturated rings. The number of rotatable bonds is 6. The highest BCUT2D eigenvalue weighted by atomic mass is 16.5. The van der Waals surface area contributed by atoms with E-state index in [0.717, 1.165) is 0 Å². The van der Waals surface area contributed by atoms with Crippen LogP contribution in [0.5, 0.6) is 0 Å². The zero-order valence-corrected chi connectivity index (χ0v) is 8.47. The van der Waals surface area contributed by atoms with Crippen molar-refractivity contribution in [3.8, 4) is 0 Å². The summed E-state index contributed by atoms with van der Waals surface area (Å²) >= 11 is 0. The third kappa shape index (κ3) is 3.60. The third-order valence-electron chi connectivity index (χ3n) is 2.43.